The van der Waals surface area contributed by atoms with Crippen LogP contribution in [0, 0.1) is 0 Å². The number of carbonyl (C=O) groups is 1. The summed E-state index contributed by atoms with van der Waals surface area (Å²) in [7, 11) is 0. The molecule has 4 rings (SSSR count). The van der Waals surface area contributed by atoms with Gasteiger partial charge in [-0.15, -0.1) is 0 Å². The van der Waals surface area contributed by atoms with E-state index in [9.17, 15) is 4.79 Å². The zero-order valence-electron chi connectivity index (χ0n) is 17.2. The summed E-state index contributed by atoms with van der Waals surface area (Å²) < 4.78 is 0. The third-order valence-corrected chi connectivity index (χ3v) is 6.10. The summed E-state index contributed by atoms with van der Waals surface area (Å²) in [6, 6.07) is 27.4. The molecular weight excluding hydrogens is 354 g/mol. The minimum Gasteiger partial charge on any atom is -0.355 e. The molecule has 1 aliphatic carbocycles. The Morgan fingerprint density at radius 3 is 2.00 bits per heavy atom. The van der Waals surface area contributed by atoms with Gasteiger partial charge in [-0.3, -0.25) is 4.79 Å². The van der Waals surface area contributed by atoms with E-state index in [0.29, 0.717) is 0 Å². The molecule has 0 fully saturated rings. The number of benzene rings is 3. The number of hydrogen-bond acceptors (Lipinski definition) is 1. The van der Waals surface area contributed by atoms with Crippen LogP contribution in [0.3, 0.4) is 0 Å². The third-order valence-electron chi connectivity index (χ3n) is 6.10. The Kier molecular flexibility index (Phi) is 5.80. The van der Waals surface area contributed by atoms with Gasteiger partial charge in [-0.05, 0) is 53.5 Å². The van der Waals surface area contributed by atoms with Gasteiger partial charge in [-0.25, -0.2) is 0 Å². The van der Waals surface area contributed by atoms with E-state index >= 15 is 0 Å². The van der Waals surface area contributed by atoms with E-state index in [1.807, 2.05) is 6.07 Å². The number of unbranched alkanes of at least 4 members (excludes halogenated alkanes) is 1. The number of aryl methyl sites for hydroxylation is 1. The van der Waals surface area contributed by atoms with Crippen molar-refractivity contribution in [2.75, 3.05) is 6.54 Å². The van der Waals surface area contributed by atoms with Crippen LogP contribution in [0.15, 0.2) is 78.9 Å². The smallest absolute Gasteiger partial charge is 0.235 e. The Balaban J connectivity index is 1.50. The second kappa shape index (κ2) is 8.65. The molecule has 1 amide bonds. The van der Waals surface area contributed by atoms with Gasteiger partial charge in [0.15, 0.2) is 0 Å². The van der Waals surface area contributed by atoms with Gasteiger partial charge in [0.05, 0.1) is 0 Å². The van der Waals surface area contributed by atoms with E-state index in [-0.39, 0.29) is 5.91 Å². The molecule has 29 heavy (non-hydrogen) atoms. The Morgan fingerprint density at radius 2 is 1.38 bits per heavy atom. The quantitative estimate of drug-likeness (QED) is 0.483. The molecule has 148 valence electrons. The van der Waals surface area contributed by atoms with E-state index in [0.717, 1.165) is 49.8 Å². The molecule has 0 saturated heterocycles. The van der Waals surface area contributed by atoms with E-state index in [4.69, 9.17) is 0 Å². The molecule has 3 aromatic rings. The van der Waals surface area contributed by atoms with Gasteiger partial charge in [0.2, 0.25) is 5.91 Å². The highest BCUT2D eigenvalue weighted by atomic mass is 16.2. The van der Waals surface area contributed by atoms with E-state index < -0.39 is 5.41 Å². The zero-order chi connectivity index (χ0) is 20.1. The van der Waals surface area contributed by atoms with Crippen LogP contribution in [0.4, 0.5) is 0 Å². The maximum absolute atomic E-state index is 13.6. The van der Waals surface area contributed by atoms with Crippen molar-refractivity contribution in [1.82, 2.24) is 5.32 Å². The van der Waals surface area contributed by atoms with E-state index in [1.165, 1.54) is 16.7 Å². The van der Waals surface area contributed by atoms with Crippen LogP contribution < -0.4 is 5.32 Å². The highest BCUT2D eigenvalue weighted by Crippen LogP contribution is 2.51. The topological polar surface area (TPSA) is 29.1 Å². The molecule has 0 heterocycles. The maximum Gasteiger partial charge on any atom is 0.235 e. The molecule has 0 saturated carbocycles. The summed E-state index contributed by atoms with van der Waals surface area (Å²) in [6.07, 6.45) is 4.92. The Morgan fingerprint density at radius 1 is 0.793 bits per heavy atom. The molecular formula is C27H29NO. The first-order chi connectivity index (χ1) is 14.3. The zero-order valence-corrected chi connectivity index (χ0v) is 17.2. The fraction of sp³-hybridized carbons (Fsp3) is 0.296. The van der Waals surface area contributed by atoms with Crippen molar-refractivity contribution in [2.24, 2.45) is 0 Å². The van der Waals surface area contributed by atoms with Crippen LogP contribution in [0.5, 0.6) is 0 Å². The lowest BCUT2D eigenvalue weighted by molar-refractivity contribution is -0.125. The highest BCUT2D eigenvalue weighted by molar-refractivity contribution is 6.00. The predicted molar refractivity (Wildman–Crippen MR) is 120 cm³/mol. The number of carbonyl (C=O) groups excluding carboxylic acids is 1. The highest BCUT2D eigenvalue weighted by Gasteiger charge is 2.47. The summed E-state index contributed by atoms with van der Waals surface area (Å²) in [5.41, 5.74) is 5.52. The molecule has 2 nitrogen and oxygen atoms in total. The lowest BCUT2D eigenvalue weighted by atomic mass is 9.74. The molecule has 3 aromatic carbocycles. The SMILES string of the molecule is CCCC1(C(=O)NCCCCc2ccccc2)c2ccccc2-c2ccccc21. The Labute approximate surface area is 174 Å². The molecule has 0 atom stereocenters. The van der Waals surface area contributed by atoms with Gasteiger partial charge in [-0.1, -0.05) is 92.2 Å². The van der Waals surface area contributed by atoms with Crippen molar-refractivity contribution in [2.45, 2.75) is 44.4 Å². The molecule has 1 N–H and O–H groups in total. The fourth-order valence-corrected chi connectivity index (χ4v) is 4.78. The molecule has 0 aliphatic heterocycles. The standard InChI is InChI=1S/C27H29NO/c1-2-19-27(26(29)28-20-11-10-14-21-12-4-3-5-13-21)24-17-8-6-15-22(24)23-16-7-9-18-25(23)27/h3-9,12-13,15-18H,2,10-11,14,19-20H2,1H3,(H,28,29). The molecule has 1 aliphatic rings. The van der Waals surface area contributed by atoms with Crippen LogP contribution >= 0.6 is 0 Å². The van der Waals surface area contributed by atoms with E-state index in [1.54, 1.807) is 0 Å². The van der Waals surface area contributed by atoms with Gasteiger partial charge < -0.3 is 5.32 Å². The number of hydrogen-bond donors (Lipinski definition) is 1. The fourth-order valence-electron chi connectivity index (χ4n) is 4.78. The Hall–Kier alpha value is -2.87. The number of fused-ring (bicyclic) bond motifs is 3. The summed E-state index contributed by atoms with van der Waals surface area (Å²) in [5.74, 6) is 0.150. The molecule has 2 heteroatoms. The first-order valence-corrected chi connectivity index (χ1v) is 10.8. The summed E-state index contributed by atoms with van der Waals surface area (Å²) in [5, 5.41) is 3.28. The van der Waals surface area contributed by atoms with Gasteiger partial charge in [0.1, 0.15) is 5.41 Å². The molecule has 0 aromatic heterocycles. The van der Waals surface area contributed by atoms with Crippen molar-refractivity contribution < 1.29 is 4.79 Å². The van der Waals surface area contributed by atoms with Crippen molar-refractivity contribution in [3.05, 3.63) is 95.6 Å². The molecule has 0 radical (unpaired) electrons. The largest absolute Gasteiger partial charge is 0.355 e. The molecule has 0 spiro atoms. The third kappa shape index (κ3) is 3.60. The molecule has 0 bridgehead atoms. The van der Waals surface area contributed by atoms with Crippen LogP contribution in [0.1, 0.15) is 49.3 Å². The second-order valence-electron chi connectivity index (χ2n) is 7.95. The van der Waals surface area contributed by atoms with Crippen LogP contribution in [-0.4, -0.2) is 12.5 Å². The van der Waals surface area contributed by atoms with Gasteiger partial charge >= 0.3 is 0 Å². The maximum atomic E-state index is 13.6. The number of amides is 1. The first-order valence-electron chi connectivity index (χ1n) is 10.8. The van der Waals surface area contributed by atoms with Gasteiger partial charge in [0, 0.05) is 6.54 Å². The predicted octanol–water partition coefficient (Wildman–Crippen LogP) is 5.89. The summed E-state index contributed by atoms with van der Waals surface area (Å²) in [6.45, 7) is 2.89. The summed E-state index contributed by atoms with van der Waals surface area (Å²) in [4.78, 5) is 13.6. The van der Waals surface area contributed by atoms with Crippen LogP contribution in [0.25, 0.3) is 11.1 Å². The van der Waals surface area contributed by atoms with Crippen molar-refractivity contribution in [3.63, 3.8) is 0 Å². The van der Waals surface area contributed by atoms with Crippen molar-refractivity contribution >= 4 is 5.91 Å². The normalized spacial score (nSPS) is 13.6. The monoisotopic (exact) mass is 383 g/mol. The number of nitrogens with one attached hydrogen (secondary N) is 1. The Bertz CT molecular complexity index is 931. The number of rotatable bonds is 8. The summed E-state index contributed by atoms with van der Waals surface area (Å²) >= 11 is 0. The molecule has 0 unspecified atom stereocenters. The van der Waals surface area contributed by atoms with Crippen molar-refractivity contribution in [1.29, 1.82) is 0 Å². The van der Waals surface area contributed by atoms with Gasteiger partial charge in [-0.2, -0.15) is 0 Å². The average Bonchev–Trinajstić information content (AvgIpc) is 3.06. The van der Waals surface area contributed by atoms with Gasteiger partial charge in [0.25, 0.3) is 0 Å². The van der Waals surface area contributed by atoms with Crippen molar-refractivity contribution in [3.8, 4) is 11.1 Å². The first kappa shape index (κ1) is 19.4. The van der Waals surface area contributed by atoms with Crippen LogP contribution in [-0.2, 0) is 16.6 Å². The minimum absolute atomic E-state index is 0.150. The lowest BCUT2D eigenvalue weighted by Gasteiger charge is -2.30. The van der Waals surface area contributed by atoms with E-state index in [2.05, 4.69) is 85.0 Å². The average molecular weight is 384 g/mol. The second-order valence-corrected chi connectivity index (χ2v) is 7.95. The van der Waals surface area contributed by atoms with Crippen LogP contribution in [0.2, 0.25) is 0 Å². The minimum atomic E-state index is -0.568. The lowest BCUT2D eigenvalue weighted by Crippen LogP contribution is -2.44.